The molecule has 0 aromatic heterocycles. The first-order valence-electron chi connectivity index (χ1n) is 9.37. The summed E-state index contributed by atoms with van der Waals surface area (Å²) < 4.78 is 67.0. The zero-order valence-corrected chi connectivity index (χ0v) is 17.3. The van der Waals surface area contributed by atoms with Gasteiger partial charge in [0.2, 0.25) is 0 Å². The molecule has 164 valence electrons. The average molecular weight is 437 g/mol. The standard InChI is InChI=1S/C18H27F3N4O3S/c1-14-6-3-4-7-16(14)28-13-5-10-23-17(22-2)24-15-8-11-25(12-9-15)29(26,27)18(19,20)21/h3-4,6-7,15H,5,8-13H2,1-2H3,(H2,22,23,24). The predicted octanol–water partition coefficient (Wildman–Crippen LogP) is 2.24. The summed E-state index contributed by atoms with van der Waals surface area (Å²) in [6, 6.07) is 7.60. The molecule has 0 atom stereocenters. The first-order valence-corrected chi connectivity index (χ1v) is 10.8. The molecule has 1 aromatic carbocycles. The second-order valence-corrected chi connectivity index (χ2v) is 8.66. The maximum Gasteiger partial charge on any atom is 0.511 e. The van der Waals surface area contributed by atoms with Gasteiger partial charge in [0.25, 0.3) is 0 Å². The van der Waals surface area contributed by atoms with Crippen molar-refractivity contribution in [3.63, 3.8) is 0 Å². The second kappa shape index (κ2) is 10.1. The number of aryl methyl sites for hydroxylation is 1. The molecule has 0 radical (unpaired) electrons. The van der Waals surface area contributed by atoms with Crippen LogP contribution in [0.2, 0.25) is 0 Å². The molecule has 0 amide bonds. The summed E-state index contributed by atoms with van der Waals surface area (Å²) in [4.78, 5) is 4.10. The Morgan fingerprint density at radius 3 is 2.52 bits per heavy atom. The van der Waals surface area contributed by atoms with Crippen molar-refractivity contribution in [2.45, 2.75) is 37.7 Å². The average Bonchev–Trinajstić information content (AvgIpc) is 2.67. The van der Waals surface area contributed by atoms with E-state index in [1.54, 1.807) is 7.05 Å². The molecular formula is C18H27F3N4O3S. The molecule has 1 saturated heterocycles. The predicted molar refractivity (Wildman–Crippen MR) is 105 cm³/mol. The van der Waals surface area contributed by atoms with Crippen molar-refractivity contribution in [2.75, 3.05) is 33.3 Å². The maximum atomic E-state index is 12.6. The number of ether oxygens (including phenoxy) is 1. The van der Waals surface area contributed by atoms with Crippen LogP contribution in [-0.2, 0) is 10.0 Å². The Bertz CT molecular complexity index is 792. The largest absolute Gasteiger partial charge is 0.511 e. The number of aliphatic imine (C=N–C) groups is 1. The fourth-order valence-electron chi connectivity index (χ4n) is 2.95. The summed E-state index contributed by atoms with van der Waals surface area (Å²) >= 11 is 0. The van der Waals surface area contributed by atoms with E-state index < -0.39 is 15.5 Å². The Kier molecular flexibility index (Phi) is 8.14. The highest BCUT2D eigenvalue weighted by Gasteiger charge is 2.50. The lowest BCUT2D eigenvalue weighted by Gasteiger charge is -2.32. The molecule has 11 heteroatoms. The van der Waals surface area contributed by atoms with Gasteiger partial charge in [-0.15, -0.1) is 0 Å². The van der Waals surface area contributed by atoms with Gasteiger partial charge in [0, 0.05) is 32.7 Å². The van der Waals surface area contributed by atoms with Crippen molar-refractivity contribution in [1.29, 1.82) is 0 Å². The lowest BCUT2D eigenvalue weighted by molar-refractivity contribution is -0.0494. The van der Waals surface area contributed by atoms with Crippen molar-refractivity contribution in [3.8, 4) is 5.75 Å². The van der Waals surface area contributed by atoms with Crippen LogP contribution in [0.5, 0.6) is 5.75 Å². The molecule has 7 nitrogen and oxygen atoms in total. The van der Waals surface area contributed by atoms with Crippen molar-refractivity contribution >= 4 is 16.0 Å². The normalized spacial score (nSPS) is 17.2. The minimum absolute atomic E-state index is 0.149. The number of sulfonamides is 1. The Labute approximate surface area is 169 Å². The van der Waals surface area contributed by atoms with Gasteiger partial charge in [-0.1, -0.05) is 18.2 Å². The first kappa shape index (κ1) is 23.3. The van der Waals surface area contributed by atoms with Gasteiger partial charge in [-0.05, 0) is 37.8 Å². The van der Waals surface area contributed by atoms with E-state index in [2.05, 4.69) is 15.6 Å². The quantitative estimate of drug-likeness (QED) is 0.389. The number of alkyl halides is 3. The molecule has 2 rings (SSSR count). The topological polar surface area (TPSA) is 83.0 Å². The minimum Gasteiger partial charge on any atom is -0.493 e. The number of piperidine rings is 1. The van der Waals surface area contributed by atoms with Crippen LogP contribution in [0.4, 0.5) is 13.2 Å². The van der Waals surface area contributed by atoms with Crippen LogP contribution >= 0.6 is 0 Å². The molecule has 29 heavy (non-hydrogen) atoms. The number of benzene rings is 1. The Balaban J connectivity index is 1.70. The molecule has 1 aliphatic rings. The zero-order chi connectivity index (χ0) is 21.5. The summed E-state index contributed by atoms with van der Waals surface area (Å²) in [6.07, 6.45) is 1.27. The highest BCUT2D eigenvalue weighted by Crippen LogP contribution is 2.28. The van der Waals surface area contributed by atoms with Gasteiger partial charge in [0.05, 0.1) is 6.61 Å². The van der Waals surface area contributed by atoms with Crippen LogP contribution in [0, 0.1) is 6.92 Å². The second-order valence-electron chi connectivity index (χ2n) is 6.73. The lowest BCUT2D eigenvalue weighted by Crippen LogP contribution is -2.51. The van der Waals surface area contributed by atoms with Gasteiger partial charge < -0.3 is 15.4 Å². The molecule has 1 aliphatic heterocycles. The van der Waals surface area contributed by atoms with E-state index in [9.17, 15) is 21.6 Å². The molecule has 0 unspecified atom stereocenters. The molecule has 2 N–H and O–H groups in total. The van der Waals surface area contributed by atoms with Gasteiger partial charge >= 0.3 is 15.5 Å². The summed E-state index contributed by atoms with van der Waals surface area (Å²) in [7, 11) is -3.66. The Morgan fingerprint density at radius 2 is 1.93 bits per heavy atom. The van der Waals surface area contributed by atoms with Gasteiger partial charge in [0.15, 0.2) is 5.96 Å². The van der Waals surface area contributed by atoms with Crippen molar-refractivity contribution in [3.05, 3.63) is 29.8 Å². The van der Waals surface area contributed by atoms with Gasteiger partial charge in [-0.3, -0.25) is 4.99 Å². The third-order valence-electron chi connectivity index (χ3n) is 4.62. The lowest BCUT2D eigenvalue weighted by atomic mass is 10.1. The minimum atomic E-state index is -5.26. The van der Waals surface area contributed by atoms with Crippen LogP contribution in [0.3, 0.4) is 0 Å². The van der Waals surface area contributed by atoms with Crippen molar-refractivity contribution in [2.24, 2.45) is 4.99 Å². The molecule has 0 aliphatic carbocycles. The molecule has 1 fully saturated rings. The third-order valence-corrected chi connectivity index (χ3v) is 6.25. The van der Waals surface area contributed by atoms with E-state index in [1.165, 1.54) is 0 Å². The number of guanidine groups is 1. The van der Waals surface area contributed by atoms with E-state index in [0.29, 0.717) is 23.4 Å². The molecule has 1 aromatic rings. The highest BCUT2D eigenvalue weighted by atomic mass is 32.2. The van der Waals surface area contributed by atoms with E-state index in [4.69, 9.17) is 4.74 Å². The van der Waals surface area contributed by atoms with E-state index in [1.807, 2.05) is 31.2 Å². The molecular weight excluding hydrogens is 409 g/mol. The van der Waals surface area contributed by atoms with E-state index in [-0.39, 0.29) is 32.0 Å². The fourth-order valence-corrected chi connectivity index (χ4v) is 3.94. The van der Waals surface area contributed by atoms with Crippen LogP contribution < -0.4 is 15.4 Å². The first-order chi connectivity index (χ1) is 13.6. The molecule has 0 bridgehead atoms. The van der Waals surface area contributed by atoms with Crippen LogP contribution in [0.15, 0.2) is 29.3 Å². The maximum absolute atomic E-state index is 12.6. The number of nitrogens with zero attached hydrogens (tertiary/aromatic N) is 2. The number of para-hydroxylation sites is 1. The molecule has 1 heterocycles. The smallest absolute Gasteiger partial charge is 0.493 e. The molecule has 0 saturated carbocycles. The number of hydrogen-bond acceptors (Lipinski definition) is 4. The van der Waals surface area contributed by atoms with Crippen LogP contribution in [0.1, 0.15) is 24.8 Å². The Hall–Kier alpha value is -2.01. The Morgan fingerprint density at radius 1 is 1.28 bits per heavy atom. The van der Waals surface area contributed by atoms with Gasteiger partial charge in [0.1, 0.15) is 5.75 Å². The highest BCUT2D eigenvalue weighted by molar-refractivity contribution is 7.90. The summed E-state index contributed by atoms with van der Waals surface area (Å²) in [5, 5.41) is 6.26. The number of rotatable bonds is 7. The fraction of sp³-hybridized carbons (Fsp3) is 0.611. The van der Waals surface area contributed by atoms with Crippen molar-refractivity contribution < 1.29 is 26.3 Å². The van der Waals surface area contributed by atoms with Gasteiger partial charge in [-0.2, -0.15) is 17.5 Å². The van der Waals surface area contributed by atoms with Crippen molar-refractivity contribution in [1.82, 2.24) is 14.9 Å². The third kappa shape index (κ3) is 6.49. The van der Waals surface area contributed by atoms with Crippen LogP contribution in [0.25, 0.3) is 0 Å². The number of halogens is 3. The number of nitrogens with one attached hydrogen (secondary N) is 2. The summed E-state index contributed by atoms with van der Waals surface area (Å²) in [6.45, 7) is 2.75. The van der Waals surface area contributed by atoms with Crippen LogP contribution in [-0.4, -0.2) is 63.5 Å². The SMILES string of the molecule is CN=C(NCCCOc1ccccc1C)NC1CCN(S(=O)(=O)C(F)(F)F)CC1. The summed E-state index contributed by atoms with van der Waals surface area (Å²) in [5.74, 6) is 1.37. The molecule has 0 spiro atoms. The van der Waals surface area contributed by atoms with E-state index in [0.717, 1.165) is 17.7 Å². The van der Waals surface area contributed by atoms with Gasteiger partial charge in [-0.25, -0.2) is 8.42 Å². The summed E-state index contributed by atoms with van der Waals surface area (Å²) in [5.41, 5.74) is -4.19. The van der Waals surface area contributed by atoms with E-state index >= 15 is 0 Å². The number of hydrogen-bond donors (Lipinski definition) is 2. The zero-order valence-electron chi connectivity index (χ0n) is 16.5. The monoisotopic (exact) mass is 436 g/mol.